The first-order valence-corrected chi connectivity index (χ1v) is 29.8. The first-order valence-electron chi connectivity index (χ1n) is 29.8. The summed E-state index contributed by atoms with van der Waals surface area (Å²) in [4.78, 5) is 160. The highest BCUT2D eigenvalue weighted by molar-refractivity contribution is 6.13. The van der Waals surface area contributed by atoms with Crippen molar-refractivity contribution in [3.05, 3.63) is 108 Å². The monoisotopic (exact) mass is 1330 g/mol. The van der Waals surface area contributed by atoms with E-state index in [-0.39, 0.29) is 104 Å². The summed E-state index contributed by atoms with van der Waals surface area (Å²) < 4.78 is 49.8. The van der Waals surface area contributed by atoms with Crippen LogP contribution in [0.2, 0.25) is 0 Å². The van der Waals surface area contributed by atoms with Crippen molar-refractivity contribution < 1.29 is 111 Å². The van der Waals surface area contributed by atoms with Crippen LogP contribution in [0.15, 0.2) is 47.3 Å². The van der Waals surface area contributed by atoms with Gasteiger partial charge in [0.2, 0.25) is 35.8 Å². The number of hydrogen-bond donors (Lipinski definition) is 10. The average Bonchev–Trinajstić information content (AvgIpc) is 1.61. The van der Waals surface area contributed by atoms with E-state index >= 15 is 4.39 Å². The van der Waals surface area contributed by atoms with Crippen LogP contribution in [0.1, 0.15) is 90.1 Å². The smallest absolute Gasteiger partial charge is 0.408 e. The molecule has 11 N–H and O–H groups in total. The number of carboxylic acids is 1. The molecule has 4 aliphatic heterocycles. The molecule has 6 heterocycles. The number of aliphatic hydroxyl groups excluding tert-OH is 3. The van der Waals surface area contributed by atoms with Crippen LogP contribution in [0, 0.1) is 22.9 Å². The van der Waals surface area contributed by atoms with Gasteiger partial charge in [-0.1, -0.05) is 13.0 Å². The number of hydrogen-bond acceptors (Lipinski definition) is 24. The maximum Gasteiger partial charge on any atom is 0.408 e. The summed E-state index contributed by atoms with van der Waals surface area (Å²) >= 11 is 0. The Morgan fingerprint density at radius 3 is 2.35 bits per heavy atom. The van der Waals surface area contributed by atoms with Crippen molar-refractivity contribution in [1.29, 1.82) is 0 Å². The molecule has 4 aromatic rings. The summed E-state index contributed by atoms with van der Waals surface area (Å²) in [5, 5.41) is 76.0. The number of alkyl carbamates (subject to hydrolysis) is 1. The zero-order valence-electron chi connectivity index (χ0n) is 51.2. The predicted octanol–water partition coefficient (Wildman–Crippen LogP) is -2.05. The highest BCUT2D eigenvalue weighted by atomic mass is 19.1. The van der Waals surface area contributed by atoms with Gasteiger partial charge in [0, 0.05) is 79.3 Å². The minimum absolute atomic E-state index is 0.00695. The molecular weight excluding hydrogens is 1260 g/mol. The van der Waals surface area contributed by atoms with Crippen molar-refractivity contribution >= 4 is 76.0 Å². The number of nitrogens with zero attached hydrogens (tertiary/aromatic N) is 5. The van der Waals surface area contributed by atoms with Gasteiger partial charge in [0.25, 0.3) is 17.4 Å². The zero-order chi connectivity index (χ0) is 68.9. The molecule has 34 nitrogen and oxygen atoms in total. The van der Waals surface area contributed by atoms with E-state index in [9.17, 15) is 88.4 Å². The van der Waals surface area contributed by atoms with Crippen LogP contribution in [0.3, 0.4) is 0 Å². The van der Waals surface area contributed by atoms with Gasteiger partial charge in [0.05, 0.1) is 72.9 Å². The Morgan fingerprint density at radius 2 is 1.65 bits per heavy atom. The summed E-state index contributed by atoms with van der Waals surface area (Å²) in [5.41, 5.74) is 3.55. The first kappa shape index (κ1) is 69.4. The van der Waals surface area contributed by atoms with Gasteiger partial charge in [-0.05, 0) is 61.4 Å². The quantitative estimate of drug-likeness (QED) is 0.00847. The van der Waals surface area contributed by atoms with Gasteiger partial charge in [0.15, 0.2) is 17.5 Å². The molecule has 508 valence electrons. The normalized spacial score (nSPS) is 21.3. The molecule has 5 aliphatic rings. The molecular formula is C60H67FN10O24. The highest BCUT2D eigenvalue weighted by Gasteiger charge is 2.49. The molecule has 0 bridgehead atoms. The molecule has 0 spiro atoms. The molecule has 0 saturated carbocycles. The Morgan fingerprint density at radius 1 is 0.937 bits per heavy atom. The molecule has 2 aromatic heterocycles. The van der Waals surface area contributed by atoms with Gasteiger partial charge in [-0.3, -0.25) is 53.4 Å². The maximum absolute atomic E-state index is 15.8. The van der Waals surface area contributed by atoms with Crippen LogP contribution >= 0.6 is 0 Å². The fraction of sp³-hybridized carbons (Fsp3) is 0.467. The number of aliphatic hydroxyl groups is 4. The number of aliphatic carboxylic acids is 1. The Labute approximate surface area is 536 Å². The van der Waals surface area contributed by atoms with Gasteiger partial charge in [-0.15, -0.1) is 0 Å². The number of esters is 1. The number of halogens is 1. The second kappa shape index (κ2) is 29.2. The van der Waals surface area contributed by atoms with Gasteiger partial charge >= 0.3 is 23.7 Å². The van der Waals surface area contributed by atoms with Crippen LogP contribution < -0.4 is 37.3 Å². The fourth-order valence-corrected chi connectivity index (χ4v) is 11.7. The van der Waals surface area contributed by atoms with E-state index in [4.69, 9.17) is 39.1 Å². The van der Waals surface area contributed by atoms with Crippen LogP contribution in [0.5, 0.6) is 5.75 Å². The third-order valence-electron chi connectivity index (χ3n) is 16.7. The summed E-state index contributed by atoms with van der Waals surface area (Å²) in [7, 11) is 1.21. The lowest BCUT2D eigenvalue weighted by Crippen LogP contribution is -2.61. The Bertz CT molecular complexity index is 3880. The largest absolute Gasteiger partial charge is 0.479 e. The highest BCUT2D eigenvalue weighted by Crippen LogP contribution is 2.46. The number of fused-ring (bicyclic) bond motifs is 5. The summed E-state index contributed by atoms with van der Waals surface area (Å²) in [6.45, 7) is 0.374. The van der Waals surface area contributed by atoms with Crippen molar-refractivity contribution in [2.24, 2.45) is 5.73 Å². The van der Waals surface area contributed by atoms with E-state index in [2.05, 4.69) is 21.3 Å². The van der Waals surface area contributed by atoms with Crippen molar-refractivity contribution in [3.8, 4) is 17.1 Å². The number of aromatic nitrogens is 2. The minimum atomic E-state index is -2.19. The van der Waals surface area contributed by atoms with E-state index in [0.717, 1.165) is 40.2 Å². The van der Waals surface area contributed by atoms with E-state index in [1.807, 2.05) is 0 Å². The fourth-order valence-electron chi connectivity index (χ4n) is 11.7. The van der Waals surface area contributed by atoms with E-state index in [0.29, 0.717) is 22.1 Å². The Balaban J connectivity index is 0.920. The van der Waals surface area contributed by atoms with Crippen LogP contribution in [-0.4, -0.2) is 206 Å². The number of imide groups is 1. The van der Waals surface area contributed by atoms with Crippen molar-refractivity contribution in [2.75, 3.05) is 59.7 Å². The number of carbonyl (C=O) groups is 10. The third-order valence-corrected chi connectivity index (χ3v) is 16.7. The van der Waals surface area contributed by atoms with E-state index < -0.39 is 181 Å². The lowest BCUT2D eigenvalue weighted by molar-refractivity contribution is -0.387. The van der Waals surface area contributed by atoms with E-state index in [1.165, 1.54) is 30.7 Å². The molecule has 2 aromatic carbocycles. The third kappa shape index (κ3) is 14.9. The summed E-state index contributed by atoms with van der Waals surface area (Å²) in [6.07, 6.45) is -12.5. The number of rotatable bonds is 28. The Kier molecular flexibility index (Phi) is 21.3. The number of ether oxygens (including phenoxy) is 6. The lowest BCUT2D eigenvalue weighted by atomic mass is 9.81. The molecule has 1 saturated heterocycles. The number of amides is 8. The van der Waals surface area contributed by atoms with Crippen molar-refractivity contribution in [2.45, 2.75) is 120 Å². The summed E-state index contributed by atoms with van der Waals surface area (Å²) in [5.74, 6) is -9.02. The maximum atomic E-state index is 15.8. The van der Waals surface area contributed by atoms with Gasteiger partial charge in [-0.25, -0.2) is 23.8 Å². The van der Waals surface area contributed by atoms with Gasteiger partial charge in [-0.2, -0.15) is 0 Å². The van der Waals surface area contributed by atoms with Crippen LogP contribution in [0.4, 0.5) is 14.9 Å². The molecule has 0 radical (unpaired) electrons. The van der Waals surface area contributed by atoms with Crippen molar-refractivity contribution in [3.63, 3.8) is 0 Å². The number of nitro benzene ring substituents is 1. The standard InChI is InChI=1S/C60H67FN10O24/c1-4-60(87)32-20-38-49-30(23-70(38)54(81)31(32)25-92-58(60)85)48-34(7-6-29-27(2)33(61)21-36(66-49)47(29)48)67-59(86)94-40(28-5-9-39(37(19-28)71(88)89)93-57-52(80)50(78)51(79)53(95-57)56(83)84)22-64-42(73)10-8-35(55(82)68(3)24-41(62)72)65-44(75)26-91-18-17-90-16-14-63-43(74)13-15-69-45(76)11-12-46(69)77/h5,9,11-12,19-21,34-35,40,50-53,57,78-80,87H,4,6-8,10,13-18,22-26H2,1-3H3,(H2,62,72)(H,63,74)(H,64,73)(H,65,75)(H,67,86)(H,83,84)/t34-,35-,40+,50-,51-,52?,53?,57+,60?/m0/s1. The SMILES string of the molecule is CCC1(O)C(=O)OCc2c1cc1n(c2=O)Cc2c-1nc1cc(F)c(C)c3c1c2[C@@H](NC(=O)O[C@H](CNC(=O)CC[C@H](NC(=O)COCCOCCNC(=O)CCN1C(=O)C=CC1=O)C(=O)N(C)CC(N)=O)c1ccc(O[C@@H]2OC(C(=O)O)[C@@H](O)[C@H](O)C2O)c([N+](=O)[O-])c1)CC3. The number of carboxylic acid groups (broad SMARTS) is 1. The first-order chi connectivity index (χ1) is 45.1. The molecule has 35 heteroatoms. The molecule has 1 aliphatic carbocycles. The van der Waals surface area contributed by atoms with Crippen LogP contribution in [0.25, 0.3) is 22.3 Å². The number of cyclic esters (lactones) is 1. The number of benzene rings is 2. The lowest BCUT2D eigenvalue weighted by Gasteiger charge is -2.38. The number of nitrogens with two attached hydrogens (primary N) is 1. The zero-order valence-corrected chi connectivity index (χ0v) is 51.2. The second-order valence-corrected chi connectivity index (χ2v) is 22.8. The number of nitro groups is 1. The van der Waals surface area contributed by atoms with Gasteiger partial charge in [0.1, 0.15) is 49.5 Å². The molecule has 1 fully saturated rings. The molecule has 8 amide bonds. The van der Waals surface area contributed by atoms with E-state index in [1.54, 1.807) is 6.92 Å². The number of nitrogens with one attached hydrogen (secondary N) is 4. The predicted molar refractivity (Wildman–Crippen MR) is 317 cm³/mol. The van der Waals surface area contributed by atoms with Crippen molar-refractivity contribution in [1.82, 2.24) is 40.6 Å². The molecule has 9 rings (SSSR count). The number of carbonyl (C=O) groups excluding carboxylic acids is 9. The van der Waals surface area contributed by atoms with Crippen LogP contribution in [-0.2, 0) is 92.0 Å². The number of pyridine rings is 2. The minimum Gasteiger partial charge on any atom is -0.479 e. The molecule has 3 unspecified atom stereocenters. The number of aryl methyl sites for hydroxylation is 1. The second-order valence-electron chi connectivity index (χ2n) is 22.8. The molecule has 95 heavy (non-hydrogen) atoms. The number of primary amides is 1. The molecule has 9 atom stereocenters. The Hall–Kier alpha value is -9.91. The summed E-state index contributed by atoms with van der Waals surface area (Å²) in [6, 6.07) is 3.06. The number of likely N-dealkylation sites (N-methyl/N-ethyl adjacent to an activating group) is 1. The average molecular weight is 1330 g/mol. The topological polar surface area (TPSA) is 486 Å². The van der Waals surface area contributed by atoms with Gasteiger partial charge < -0.3 is 90.4 Å².